The van der Waals surface area contributed by atoms with Gasteiger partial charge in [-0.3, -0.25) is 4.90 Å². The fourth-order valence-electron chi connectivity index (χ4n) is 1.80. The lowest BCUT2D eigenvalue weighted by Crippen LogP contribution is -2.16. The Hall–Kier alpha value is -0.620. The molecule has 0 atom stereocenters. The van der Waals surface area contributed by atoms with E-state index in [0.717, 1.165) is 35.6 Å². The van der Waals surface area contributed by atoms with Gasteiger partial charge < -0.3 is 9.73 Å². The first-order valence-corrected chi connectivity index (χ1v) is 7.48. The number of nitrogens with one attached hydrogen (secondary N) is 1. The molecule has 0 fully saturated rings. The van der Waals surface area contributed by atoms with Crippen LogP contribution in [0.15, 0.2) is 32.5 Å². The van der Waals surface area contributed by atoms with Crippen molar-refractivity contribution >= 4 is 27.3 Å². The zero-order valence-electron chi connectivity index (χ0n) is 10.6. The minimum atomic E-state index is 0.779. The summed E-state index contributed by atoms with van der Waals surface area (Å²) in [5.74, 6) is 2.00. The molecule has 0 aliphatic rings. The second-order valence-electron chi connectivity index (χ2n) is 4.30. The summed E-state index contributed by atoms with van der Waals surface area (Å²) in [6.45, 7) is 2.55. The van der Waals surface area contributed by atoms with Gasteiger partial charge in [0.2, 0.25) is 0 Å². The molecule has 0 aliphatic heterocycles. The van der Waals surface area contributed by atoms with E-state index >= 15 is 0 Å². The molecule has 0 spiro atoms. The number of hydrogen-bond donors (Lipinski definition) is 1. The van der Waals surface area contributed by atoms with Gasteiger partial charge in [0.05, 0.1) is 13.1 Å². The number of thiophene rings is 1. The van der Waals surface area contributed by atoms with Gasteiger partial charge in [0.1, 0.15) is 11.5 Å². The van der Waals surface area contributed by atoms with E-state index in [1.165, 1.54) is 4.88 Å². The maximum absolute atomic E-state index is 5.73. The Bertz CT molecular complexity index is 495. The zero-order valence-corrected chi connectivity index (χ0v) is 13.0. The first-order valence-electron chi connectivity index (χ1n) is 5.81. The van der Waals surface area contributed by atoms with Gasteiger partial charge in [-0.2, -0.15) is 0 Å². The quantitative estimate of drug-likeness (QED) is 0.880. The highest BCUT2D eigenvalue weighted by Gasteiger charge is 2.07. The second kappa shape index (κ2) is 6.52. The van der Waals surface area contributed by atoms with Crippen LogP contribution in [0.1, 0.15) is 16.4 Å². The smallest absolute Gasteiger partial charge is 0.118 e. The lowest BCUT2D eigenvalue weighted by molar-refractivity contribution is 0.285. The molecule has 1 N–H and O–H groups in total. The summed E-state index contributed by atoms with van der Waals surface area (Å²) in [7, 11) is 4.02. The van der Waals surface area contributed by atoms with E-state index in [2.05, 4.69) is 44.6 Å². The van der Waals surface area contributed by atoms with Crippen molar-refractivity contribution in [3.05, 3.63) is 44.4 Å². The molecule has 0 unspecified atom stereocenters. The Balaban J connectivity index is 1.88. The lowest BCUT2D eigenvalue weighted by Gasteiger charge is -2.13. The Kier molecular flexibility index (Phi) is 5.00. The Morgan fingerprint density at radius 1 is 1.33 bits per heavy atom. The standard InChI is InChI=1S/C13H17BrN2OS/c1-15-6-11-3-4-12(17-11)7-16(2)8-13-5-10(14)9-18-13/h3-5,9,15H,6-8H2,1-2H3. The predicted octanol–water partition coefficient (Wildman–Crippen LogP) is 3.46. The molecular weight excluding hydrogens is 312 g/mol. The van der Waals surface area contributed by atoms with Gasteiger partial charge in [0.25, 0.3) is 0 Å². The van der Waals surface area contributed by atoms with Crippen LogP contribution in [-0.2, 0) is 19.6 Å². The monoisotopic (exact) mass is 328 g/mol. The first-order chi connectivity index (χ1) is 8.67. The predicted molar refractivity (Wildman–Crippen MR) is 78.7 cm³/mol. The summed E-state index contributed by atoms with van der Waals surface area (Å²) in [6.07, 6.45) is 0. The first kappa shape index (κ1) is 13.8. The third-order valence-corrected chi connectivity index (χ3v) is 4.22. The van der Waals surface area contributed by atoms with Crippen LogP contribution in [0.3, 0.4) is 0 Å². The van der Waals surface area contributed by atoms with Crippen molar-refractivity contribution in [2.45, 2.75) is 19.6 Å². The van der Waals surface area contributed by atoms with Crippen LogP contribution in [0.2, 0.25) is 0 Å². The number of furan rings is 1. The third-order valence-electron chi connectivity index (χ3n) is 2.54. The summed E-state index contributed by atoms with van der Waals surface area (Å²) in [5.41, 5.74) is 0. The minimum absolute atomic E-state index is 0.779. The van der Waals surface area contributed by atoms with Crippen molar-refractivity contribution in [1.29, 1.82) is 0 Å². The average Bonchev–Trinajstić information content (AvgIpc) is 2.89. The fraction of sp³-hybridized carbons (Fsp3) is 0.385. The van der Waals surface area contributed by atoms with Gasteiger partial charge in [0.15, 0.2) is 0 Å². The second-order valence-corrected chi connectivity index (χ2v) is 6.21. The van der Waals surface area contributed by atoms with Gasteiger partial charge in [-0.15, -0.1) is 11.3 Å². The molecule has 0 aliphatic carbocycles. The largest absolute Gasteiger partial charge is 0.463 e. The van der Waals surface area contributed by atoms with Crippen molar-refractivity contribution in [2.24, 2.45) is 0 Å². The summed E-state index contributed by atoms with van der Waals surface area (Å²) in [5, 5.41) is 5.19. The summed E-state index contributed by atoms with van der Waals surface area (Å²) in [6, 6.07) is 6.24. The van der Waals surface area contributed by atoms with Crippen LogP contribution in [0, 0.1) is 0 Å². The molecule has 0 radical (unpaired) electrons. The molecular formula is C13H17BrN2OS. The van der Waals surface area contributed by atoms with Crippen molar-refractivity contribution < 1.29 is 4.42 Å². The molecule has 0 amide bonds. The highest BCUT2D eigenvalue weighted by atomic mass is 79.9. The summed E-state index contributed by atoms with van der Waals surface area (Å²) >= 11 is 5.25. The van der Waals surface area contributed by atoms with Gasteiger partial charge in [-0.1, -0.05) is 0 Å². The highest BCUT2D eigenvalue weighted by Crippen LogP contribution is 2.21. The van der Waals surface area contributed by atoms with Crippen LogP contribution in [0.4, 0.5) is 0 Å². The van der Waals surface area contributed by atoms with E-state index in [0.29, 0.717) is 0 Å². The molecule has 3 nitrogen and oxygen atoms in total. The third kappa shape index (κ3) is 3.95. The van der Waals surface area contributed by atoms with Crippen molar-refractivity contribution in [1.82, 2.24) is 10.2 Å². The Labute approximate surface area is 120 Å². The maximum Gasteiger partial charge on any atom is 0.118 e. The van der Waals surface area contributed by atoms with Gasteiger partial charge in [-0.05, 0) is 48.2 Å². The van der Waals surface area contributed by atoms with E-state index in [4.69, 9.17) is 4.42 Å². The molecule has 2 aromatic heterocycles. The molecule has 0 aromatic carbocycles. The summed E-state index contributed by atoms with van der Waals surface area (Å²) < 4.78 is 6.89. The SMILES string of the molecule is CNCc1ccc(CN(C)Cc2cc(Br)cs2)o1. The fourth-order valence-corrected chi connectivity index (χ4v) is 3.33. The molecule has 2 rings (SSSR count). The minimum Gasteiger partial charge on any atom is -0.463 e. The number of hydrogen-bond acceptors (Lipinski definition) is 4. The Morgan fingerprint density at radius 2 is 2.11 bits per heavy atom. The number of rotatable bonds is 6. The molecule has 98 valence electrons. The Morgan fingerprint density at radius 3 is 2.78 bits per heavy atom. The van der Waals surface area contributed by atoms with Crippen LogP contribution < -0.4 is 5.32 Å². The van der Waals surface area contributed by atoms with Crippen LogP contribution in [-0.4, -0.2) is 19.0 Å². The average molecular weight is 329 g/mol. The molecule has 0 bridgehead atoms. The zero-order chi connectivity index (χ0) is 13.0. The van der Waals surface area contributed by atoms with Crippen LogP contribution in [0.5, 0.6) is 0 Å². The molecule has 2 aromatic rings. The van der Waals surface area contributed by atoms with Crippen molar-refractivity contribution in [2.75, 3.05) is 14.1 Å². The van der Waals surface area contributed by atoms with Crippen molar-refractivity contribution in [3.8, 4) is 0 Å². The highest BCUT2D eigenvalue weighted by molar-refractivity contribution is 9.10. The maximum atomic E-state index is 5.73. The molecule has 18 heavy (non-hydrogen) atoms. The van der Waals surface area contributed by atoms with Gasteiger partial charge >= 0.3 is 0 Å². The molecule has 0 saturated carbocycles. The lowest BCUT2D eigenvalue weighted by atomic mass is 10.3. The normalized spacial score (nSPS) is 11.3. The topological polar surface area (TPSA) is 28.4 Å². The van der Waals surface area contributed by atoms with Crippen LogP contribution in [0.25, 0.3) is 0 Å². The summed E-state index contributed by atoms with van der Waals surface area (Å²) in [4.78, 5) is 3.60. The molecule has 5 heteroatoms. The van der Waals surface area contributed by atoms with Crippen molar-refractivity contribution in [3.63, 3.8) is 0 Å². The van der Waals surface area contributed by atoms with E-state index in [1.54, 1.807) is 11.3 Å². The van der Waals surface area contributed by atoms with Crippen LogP contribution >= 0.6 is 27.3 Å². The molecule has 0 saturated heterocycles. The van der Waals surface area contributed by atoms with Gasteiger partial charge in [-0.25, -0.2) is 0 Å². The van der Waals surface area contributed by atoms with E-state index in [-0.39, 0.29) is 0 Å². The van der Waals surface area contributed by atoms with E-state index in [9.17, 15) is 0 Å². The van der Waals surface area contributed by atoms with E-state index < -0.39 is 0 Å². The number of nitrogens with zero attached hydrogens (tertiary/aromatic N) is 1. The van der Waals surface area contributed by atoms with E-state index in [1.807, 2.05) is 19.2 Å². The number of halogens is 1. The van der Waals surface area contributed by atoms with Gasteiger partial charge in [0, 0.05) is 21.3 Å². The molecule has 2 heterocycles.